The standard InChI is InChI=1S/C13H15F3NO/c1-10(3-2-8-17-9-18)11-4-6-12(7-5-11)13(14,15)16/h4-7,10H,2-3,8H2,1H3,(H,17,18). The van der Waals surface area contributed by atoms with Crippen LogP contribution in [0.5, 0.6) is 0 Å². The number of hydrogen-bond donors (Lipinski definition) is 1. The van der Waals surface area contributed by atoms with Crippen molar-refractivity contribution in [1.82, 2.24) is 5.32 Å². The van der Waals surface area contributed by atoms with Gasteiger partial charge in [-0.25, -0.2) is 0 Å². The molecule has 18 heavy (non-hydrogen) atoms. The summed E-state index contributed by atoms with van der Waals surface area (Å²) in [6.07, 6.45) is -1.13. The normalized spacial score (nSPS) is 13.1. The Morgan fingerprint density at radius 2 is 1.89 bits per heavy atom. The number of amides is 1. The van der Waals surface area contributed by atoms with Gasteiger partial charge in [0, 0.05) is 6.54 Å². The van der Waals surface area contributed by atoms with Crippen LogP contribution in [0.15, 0.2) is 24.3 Å². The summed E-state index contributed by atoms with van der Waals surface area (Å²) in [6.45, 7) is 2.49. The smallest absolute Gasteiger partial charge is 0.348 e. The van der Waals surface area contributed by atoms with Gasteiger partial charge in [0.1, 0.15) is 0 Å². The minimum absolute atomic E-state index is 0.167. The van der Waals surface area contributed by atoms with Crippen LogP contribution >= 0.6 is 0 Å². The molecule has 0 saturated heterocycles. The third kappa shape index (κ3) is 4.39. The molecule has 1 radical (unpaired) electrons. The molecule has 1 aromatic rings. The first-order valence-electron chi connectivity index (χ1n) is 5.72. The lowest BCUT2D eigenvalue weighted by atomic mass is 9.95. The lowest BCUT2D eigenvalue weighted by Gasteiger charge is -2.13. The summed E-state index contributed by atoms with van der Waals surface area (Å²) in [7, 11) is 0. The average Bonchev–Trinajstić information content (AvgIpc) is 2.33. The van der Waals surface area contributed by atoms with Crippen LogP contribution in [0.25, 0.3) is 0 Å². The molecule has 0 aliphatic carbocycles. The van der Waals surface area contributed by atoms with E-state index in [2.05, 4.69) is 5.32 Å². The molecule has 2 nitrogen and oxygen atoms in total. The van der Waals surface area contributed by atoms with Gasteiger partial charge >= 0.3 is 12.6 Å². The van der Waals surface area contributed by atoms with E-state index in [1.54, 1.807) is 6.41 Å². The number of rotatable bonds is 6. The van der Waals surface area contributed by atoms with Crippen molar-refractivity contribution in [1.29, 1.82) is 0 Å². The summed E-state index contributed by atoms with van der Waals surface area (Å²) in [4.78, 5) is 9.91. The number of benzene rings is 1. The second-order valence-corrected chi connectivity index (χ2v) is 4.19. The number of halogens is 3. The van der Waals surface area contributed by atoms with Crippen LogP contribution in [0, 0.1) is 0 Å². The topological polar surface area (TPSA) is 29.1 Å². The van der Waals surface area contributed by atoms with Crippen LogP contribution in [0.1, 0.15) is 36.8 Å². The molecule has 0 heterocycles. The minimum atomic E-state index is -4.29. The molecule has 1 unspecified atom stereocenters. The van der Waals surface area contributed by atoms with E-state index in [4.69, 9.17) is 0 Å². The van der Waals surface area contributed by atoms with Gasteiger partial charge in [-0.3, -0.25) is 4.79 Å². The SMILES string of the molecule is CC(CCCN[C]=O)c1ccc(C(F)(F)F)cc1. The highest BCUT2D eigenvalue weighted by Crippen LogP contribution is 2.30. The Morgan fingerprint density at radius 3 is 2.39 bits per heavy atom. The molecule has 99 valence electrons. The third-order valence-corrected chi connectivity index (χ3v) is 2.82. The van der Waals surface area contributed by atoms with Crippen LogP contribution < -0.4 is 5.32 Å². The lowest BCUT2D eigenvalue weighted by molar-refractivity contribution is -0.137. The Bertz CT molecular complexity index is 373. The molecule has 1 atom stereocenters. The molecular weight excluding hydrogens is 243 g/mol. The molecule has 1 aromatic carbocycles. The van der Waals surface area contributed by atoms with Crippen LogP contribution in [-0.2, 0) is 11.0 Å². The van der Waals surface area contributed by atoms with E-state index in [0.29, 0.717) is 6.54 Å². The Labute approximate surface area is 104 Å². The summed E-state index contributed by atoms with van der Waals surface area (Å²) in [6, 6.07) is 5.21. The highest BCUT2D eigenvalue weighted by atomic mass is 19.4. The number of nitrogens with one attached hydrogen (secondary N) is 1. The molecule has 0 fully saturated rings. The summed E-state index contributed by atoms with van der Waals surface area (Å²) < 4.78 is 37.1. The summed E-state index contributed by atoms with van der Waals surface area (Å²) in [5.41, 5.74) is 0.244. The average molecular weight is 258 g/mol. The maximum atomic E-state index is 12.4. The fourth-order valence-corrected chi connectivity index (χ4v) is 1.71. The number of carbonyl (C=O) groups excluding carboxylic acids is 1. The molecule has 1 rings (SSSR count). The molecule has 0 saturated carbocycles. The van der Waals surface area contributed by atoms with Gasteiger partial charge in [-0.2, -0.15) is 13.2 Å². The van der Waals surface area contributed by atoms with Crippen LogP contribution in [-0.4, -0.2) is 13.0 Å². The first kappa shape index (κ1) is 14.5. The van der Waals surface area contributed by atoms with E-state index < -0.39 is 11.7 Å². The van der Waals surface area contributed by atoms with Crippen molar-refractivity contribution in [2.24, 2.45) is 0 Å². The van der Waals surface area contributed by atoms with Gasteiger partial charge in [-0.05, 0) is 36.5 Å². The number of alkyl halides is 3. The van der Waals surface area contributed by atoms with Crippen molar-refractivity contribution in [3.05, 3.63) is 35.4 Å². The minimum Gasteiger partial charge on any atom is -0.348 e. The van der Waals surface area contributed by atoms with E-state index in [1.807, 2.05) is 6.92 Å². The van der Waals surface area contributed by atoms with Crippen LogP contribution in [0.2, 0.25) is 0 Å². The first-order valence-corrected chi connectivity index (χ1v) is 5.72. The third-order valence-electron chi connectivity index (χ3n) is 2.82. The van der Waals surface area contributed by atoms with Crippen LogP contribution in [0.3, 0.4) is 0 Å². The van der Waals surface area contributed by atoms with Gasteiger partial charge in [-0.15, -0.1) is 0 Å². The van der Waals surface area contributed by atoms with Gasteiger partial charge in [0.2, 0.25) is 0 Å². The van der Waals surface area contributed by atoms with Gasteiger partial charge in [0.05, 0.1) is 5.56 Å². The largest absolute Gasteiger partial charge is 0.416 e. The highest BCUT2D eigenvalue weighted by Gasteiger charge is 2.30. The van der Waals surface area contributed by atoms with E-state index in [9.17, 15) is 18.0 Å². The Morgan fingerprint density at radius 1 is 1.28 bits per heavy atom. The molecule has 0 aliphatic heterocycles. The van der Waals surface area contributed by atoms with Gasteiger partial charge < -0.3 is 5.32 Å². The molecular formula is C13H15F3NO. The molecule has 0 aliphatic rings. The zero-order valence-corrected chi connectivity index (χ0v) is 10.1. The molecule has 5 heteroatoms. The Hall–Kier alpha value is -1.52. The monoisotopic (exact) mass is 258 g/mol. The second-order valence-electron chi connectivity index (χ2n) is 4.19. The predicted octanol–water partition coefficient (Wildman–Crippen LogP) is 3.25. The van der Waals surface area contributed by atoms with Gasteiger partial charge in [0.25, 0.3) is 0 Å². The Balaban J connectivity index is 2.54. The van der Waals surface area contributed by atoms with Crippen molar-refractivity contribution in [3.63, 3.8) is 0 Å². The predicted molar refractivity (Wildman–Crippen MR) is 62.8 cm³/mol. The summed E-state index contributed by atoms with van der Waals surface area (Å²) in [5, 5.41) is 2.43. The zero-order chi connectivity index (χ0) is 13.6. The van der Waals surface area contributed by atoms with Crippen LogP contribution in [0.4, 0.5) is 13.2 Å². The van der Waals surface area contributed by atoms with Crippen molar-refractivity contribution in [3.8, 4) is 0 Å². The van der Waals surface area contributed by atoms with E-state index in [0.717, 1.165) is 30.5 Å². The molecule has 1 N–H and O–H groups in total. The summed E-state index contributed by atoms with van der Waals surface area (Å²) in [5.74, 6) is 0.167. The van der Waals surface area contributed by atoms with E-state index in [1.165, 1.54) is 12.1 Å². The fraction of sp³-hybridized carbons (Fsp3) is 0.462. The highest BCUT2D eigenvalue weighted by molar-refractivity contribution is 5.46. The first-order chi connectivity index (χ1) is 8.45. The maximum Gasteiger partial charge on any atom is 0.416 e. The fourth-order valence-electron chi connectivity index (χ4n) is 1.71. The Kier molecular flexibility index (Phi) is 5.19. The number of hydrogen-bond acceptors (Lipinski definition) is 1. The van der Waals surface area contributed by atoms with Crippen molar-refractivity contribution >= 4 is 6.41 Å². The van der Waals surface area contributed by atoms with Gasteiger partial charge in [-0.1, -0.05) is 19.1 Å². The quantitative estimate of drug-likeness (QED) is 0.616. The van der Waals surface area contributed by atoms with Crippen molar-refractivity contribution < 1.29 is 18.0 Å². The van der Waals surface area contributed by atoms with Crippen molar-refractivity contribution in [2.45, 2.75) is 31.9 Å². The molecule has 0 spiro atoms. The van der Waals surface area contributed by atoms with E-state index >= 15 is 0 Å². The molecule has 1 amide bonds. The maximum absolute atomic E-state index is 12.4. The second kappa shape index (κ2) is 6.42. The zero-order valence-electron chi connectivity index (χ0n) is 10.1. The molecule has 0 aromatic heterocycles. The van der Waals surface area contributed by atoms with E-state index in [-0.39, 0.29) is 5.92 Å². The lowest BCUT2D eigenvalue weighted by Crippen LogP contribution is -2.12. The van der Waals surface area contributed by atoms with Crippen molar-refractivity contribution in [2.75, 3.05) is 6.54 Å². The molecule has 0 bridgehead atoms. The van der Waals surface area contributed by atoms with Gasteiger partial charge in [0.15, 0.2) is 0 Å². The summed E-state index contributed by atoms with van der Waals surface area (Å²) >= 11 is 0.